The quantitative estimate of drug-likeness (QED) is 0.306. The van der Waals surface area contributed by atoms with Crippen molar-refractivity contribution in [1.82, 2.24) is 0 Å². The Morgan fingerprint density at radius 2 is 1.04 bits per heavy atom. The molecular weight excluding hydrogens is 348 g/mol. The molecule has 0 aliphatic heterocycles. The van der Waals surface area contributed by atoms with E-state index in [1.165, 1.54) is 37.5 Å². The maximum absolute atomic E-state index is 6.11. The Kier molecular flexibility index (Phi) is 5.53. The van der Waals surface area contributed by atoms with E-state index >= 15 is 0 Å². The van der Waals surface area contributed by atoms with Gasteiger partial charge in [0.2, 0.25) is 0 Å². The van der Waals surface area contributed by atoms with Gasteiger partial charge in [-0.25, -0.2) is 0 Å². The molecule has 137 valence electrons. The average molecular weight is 374 g/mol. The van der Waals surface area contributed by atoms with Gasteiger partial charge in [-0.05, 0) is 56.4 Å². The summed E-state index contributed by atoms with van der Waals surface area (Å²) in [6, 6.07) is 24.1. The highest BCUT2D eigenvalue weighted by molar-refractivity contribution is 6.61. The second-order valence-electron chi connectivity index (χ2n) is 6.84. The first kappa shape index (κ1) is 18.2. The summed E-state index contributed by atoms with van der Waals surface area (Å²) >= 11 is 0. The fourth-order valence-electron chi connectivity index (χ4n) is 3.63. The van der Waals surface area contributed by atoms with Crippen LogP contribution in [0.3, 0.4) is 0 Å². The molecule has 27 heavy (non-hydrogen) atoms. The minimum Gasteiger partial charge on any atom is -0.390 e. The van der Waals surface area contributed by atoms with E-state index in [0.29, 0.717) is 0 Å². The molecule has 0 aliphatic rings. The Balaban J connectivity index is 1.93. The van der Waals surface area contributed by atoms with Gasteiger partial charge < -0.3 is 8.85 Å². The van der Waals surface area contributed by atoms with E-state index in [-0.39, 0.29) is 0 Å². The number of hydrogen-bond donors (Lipinski definition) is 0. The first-order chi connectivity index (χ1) is 13.3. The molecule has 0 fully saturated rings. The topological polar surface area (TPSA) is 18.5 Å². The van der Waals surface area contributed by atoms with E-state index in [2.05, 4.69) is 80.6 Å². The highest BCUT2D eigenvalue weighted by atomic mass is 28.3. The molecule has 0 aromatic heterocycles. The van der Waals surface area contributed by atoms with Gasteiger partial charge in [0.25, 0.3) is 0 Å². The lowest BCUT2D eigenvalue weighted by Gasteiger charge is -2.17. The van der Waals surface area contributed by atoms with Gasteiger partial charge in [-0.1, -0.05) is 74.5 Å². The van der Waals surface area contributed by atoms with Crippen LogP contribution in [0.1, 0.15) is 26.7 Å². The van der Waals surface area contributed by atoms with Crippen molar-refractivity contribution >= 4 is 46.8 Å². The summed E-state index contributed by atoms with van der Waals surface area (Å²) in [6.45, 7) is 5.77. The van der Waals surface area contributed by atoms with Gasteiger partial charge >= 0.3 is 9.28 Å². The predicted molar refractivity (Wildman–Crippen MR) is 117 cm³/mol. The van der Waals surface area contributed by atoms with Crippen LogP contribution in [0.25, 0.3) is 32.3 Å². The van der Waals surface area contributed by atoms with Crippen LogP contribution < -0.4 is 5.19 Å². The third kappa shape index (κ3) is 3.50. The molecule has 0 saturated carbocycles. The number of benzene rings is 4. The van der Waals surface area contributed by atoms with Gasteiger partial charge in [0, 0.05) is 13.2 Å². The number of rotatable bonds is 7. The maximum Gasteiger partial charge on any atom is 0.423 e. The van der Waals surface area contributed by atoms with Crippen LogP contribution in [0, 0.1) is 0 Å². The molecule has 0 N–H and O–H groups in total. The van der Waals surface area contributed by atoms with Crippen molar-refractivity contribution in [1.29, 1.82) is 0 Å². The minimum atomic E-state index is -1.46. The van der Waals surface area contributed by atoms with Crippen LogP contribution in [0.15, 0.2) is 66.7 Å². The first-order valence-corrected chi connectivity index (χ1v) is 11.1. The zero-order valence-electron chi connectivity index (χ0n) is 16.0. The molecule has 0 atom stereocenters. The number of hydrogen-bond acceptors (Lipinski definition) is 2. The Morgan fingerprint density at radius 1 is 0.593 bits per heavy atom. The van der Waals surface area contributed by atoms with Crippen LogP contribution in [0.4, 0.5) is 0 Å². The van der Waals surface area contributed by atoms with Gasteiger partial charge in [0.15, 0.2) is 0 Å². The van der Waals surface area contributed by atoms with Gasteiger partial charge in [-0.2, -0.15) is 0 Å². The molecule has 0 aliphatic carbocycles. The summed E-state index contributed by atoms with van der Waals surface area (Å²) in [4.78, 5) is 0. The zero-order valence-corrected chi connectivity index (χ0v) is 17.0. The van der Waals surface area contributed by atoms with Crippen molar-refractivity contribution in [3.63, 3.8) is 0 Å². The Morgan fingerprint density at radius 3 is 1.52 bits per heavy atom. The van der Waals surface area contributed by atoms with E-state index in [9.17, 15) is 0 Å². The van der Waals surface area contributed by atoms with E-state index < -0.39 is 9.28 Å². The van der Waals surface area contributed by atoms with Crippen molar-refractivity contribution in [3.8, 4) is 0 Å². The van der Waals surface area contributed by atoms with Gasteiger partial charge in [-0.15, -0.1) is 0 Å². The summed E-state index contributed by atoms with van der Waals surface area (Å²) in [5, 5.41) is 8.97. The normalized spacial score (nSPS) is 11.8. The van der Waals surface area contributed by atoms with Gasteiger partial charge in [0.05, 0.1) is 0 Å². The SMILES string of the molecule is CCCO[Si](OCCC)c1ccc2c3ccccc3c3ccccc3c2c1. The molecule has 2 nitrogen and oxygen atoms in total. The fraction of sp³-hybridized carbons (Fsp3) is 0.250. The second kappa shape index (κ2) is 8.22. The molecule has 0 unspecified atom stereocenters. The molecule has 0 spiro atoms. The van der Waals surface area contributed by atoms with Crippen molar-refractivity contribution in [3.05, 3.63) is 66.7 Å². The maximum atomic E-state index is 6.11. The molecule has 4 aromatic carbocycles. The molecular formula is C24H25O2Si. The molecule has 0 saturated heterocycles. The van der Waals surface area contributed by atoms with Crippen LogP contribution in [-0.4, -0.2) is 22.5 Å². The Bertz CT molecular complexity index is 1030. The monoisotopic (exact) mass is 373 g/mol. The van der Waals surface area contributed by atoms with E-state index in [0.717, 1.165) is 26.1 Å². The van der Waals surface area contributed by atoms with Crippen molar-refractivity contribution < 1.29 is 8.85 Å². The molecule has 0 bridgehead atoms. The van der Waals surface area contributed by atoms with Crippen molar-refractivity contribution in [2.24, 2.45) is 0 Å². The molecule has 3 heteroatoms. The highest BCUT2D eigenvalue weighted by Crippen LogP contribution is 2.34. The lowest BCUT2D eigenvalue weighted by atomic mass is 9.94. The molecule has 1 radical (unpaired) electrons. The molecule has 0 heterocycles. The largest absolute Gasteiger partial charge is 0.423 e. The average Bonchev–Trinajstić information content (AvgIpc) is 2.74. The van der Waals surface area contributed by atoms with E-state index in [1.807, 2.05) is 0 Å². The van der Waals surface area contributed by atoms with Crippen LogP contribution in [-0.2, 0) is 8.85 Å². The lowest BCUT2D eigenvalue weighted by Crippen LogP contribution is -2.37. The summed E-state index contributed by atoms with van der Waals surface area (Å²) in [5.74, 6) is 0. The van der Waals surface area contributed by atoms with E-state index in [1.54, 1.807) is 0 Å². The highest BCUT2D eigenvalue weighted by Gasteiger charge is 2.20. The van der Waals surface area contributed by atoms with Gasteiger partial charge in [-0.3, -0.25) is 0 Å². The Hall–Kier alpha value is -2.20. The Labute approximate surface area is 162 Å². The van der Waals surface area contributed by atoms with Crippen LogP contribution >= 0.6 is 0 Å². The first-order valence-electron chi connectivity index (χ1n) is 9.79. The smallest absolute Gasteiger partial charge is 0.390 e. The fourth-order valence-corrected chi connectivity index (χ4v) is 5.31. The molecule has 0 amide bonds. The van der Waals surface area contributed by atoms with Crippen molar-refractivity contribution in [2.45, 2.75) is 26.7 Å². The summed E-state index contributed by atoms with van der Waals surface area (Å²) < 4.78 is 12.2. The molecule has 4 aromatic rings. The zero-order chi connectivity index (χ0) is 18.6. The minimum absolute atomic E-state index is 0.745. The standard InChI is InChI=1S/C24H25O2Si/c1-3-15-25-27(26-16-4-2)18-13-14-23-21-11-6-5-9-19(21)20-10-7-8-12-22(20)24(23)17-18/h5-14,17H,3-4,15-16H2,1-2H3. The third-order valence-corrected chi connectivity index (χ3v) is 6.57. The summed E-state index contributed by atoms with van der Waals surface area (Å²) in [7, 11) is -1.46. The number of fused-ring (bicyclic) bond motifs is 6. The van der Waals surface area contributed by atoms with Crippen LogP contribution in [0.5, 0.6) is 0 Å². The van der Waals surface area contributed by atoms with Gasteiger partial charge in [0.1, 0.15) is 0 Å². The summed E-state index contributed by atoms with van der Waals surface area (Å²) in [6.07, 6.45) is 2.01. The summed E-state index contributed by atoms with van der Waals surface area (Å²) in [5.41, 5.74) is 0. The van der Waals surface area contributed by atoms with E-state index in [4.69, 9.17) is 8.85 Å². The third-order valence-electron chi connectivity index (χ3n) is 4.85. The molecule has 4 rings (SSSR count). The second-order valence-corrected chi connectivity index (χ2v) is 8.57. The predicted octanol–water partition coefficient (Wildman–Crippen LogP) is 5.69. The lowest BCUT2D eigenvalue weighted by molar-refractivity contribution is 0.207. The van der Waals surface area contributed by atoms with Crippen molar-refractivity contribution in [2.75, 3.05) is 13.2 Å². The van der Waals surface area contributed by atoms with Crippen LogP contribution in [0.2, 0.25) is 0 Å².